The quantitative estimate of drug-likeness (QED) is 0.654. The highest BCUT2D eigenvalue weighted by Gasteiger charge is 2.37. The number of carbonyl (C=O) groups is 1. The van der Waals surface area contributed by atoms with Crippen LogP contribution in [0.25, 0.3) is 0 Å². The van der Waals surface area contributed by atoms with E-state index in [1.807, 2.05) is 4.90 Å². The second kappa shape index (κ2) is 8.01. The molecule has 2 fully saturated rings. The largest absolute Gasteiger partial charge is 0.490 e. The molecule has 0 atom stereocenters. The molecule has 0 bridgehead atoms. The summed E-state index contributed by atoms with van der Waals surface area (Å²) in [6.45, 7) is 3.55. The zero-order valence-electron chi connectivity index (χ0n) is 14.3. The summed E-state index contributed by atoms with van der Waals surface area (Å²) in [4.78, 5) is 25.1. The third kappa shape index (κ3) is 4.04. The first-order chi connectivity index (χ1) is 11.5. The van der Waals surface area contributed by atoms with Crippen LogP contribution in [0.15, 0.2) is 18.2 Å². The molecule has 25 heavy (non-hydrogen) atoms. The molecule has 0 aromatic heterocycles. The maximum Gasteiger partial charge on any atom is 0.311 e. The van der Waals surface area contributed by atoms with Gasteiger partial charge in [-0.1, -0.05) is 0 Å². The summed E-state index contributed by atoms with van der Waals surface area (Å²) < 4.78 is 4.99. The predicted octanol–water partition coefficient (Wildman–Crippen LogP) is 2.63. The minimum atomic E-state index is -0.518. The van der Waals surface area contributed by atoms with Crippen LogP contribution in [0.3, 0.4) is 0 Å². The fourth-order valence-electron chi connectivity index (χ4n) is 3.79. The Labute approximate surface area is 153 Å². The van der Waals surface area contributed by atoms with Gasteiger partial charge in [-0.05, 0) is 56.3 Å². The van der Waals surface area contributed by atoms with Gasteiger partial charge in [-0.2, -0.15) is 0 Å². The van der Waals surface area contributed by atoms with Gasteiger partial charge in [-0.3, -0.25) is 14.9 Å². The number of halogens is 1. The van der Waals surface area contributed by atoms with Crippen LogP contribution in [-0.2, 0) is 0 Å². The normalized spacial score (nSPS) is 19.2. The van der Waals surface area contributed by atoms with Crippen molar-refractivity contribution in [3.8, 4) is 5.75 Å². The fraction of sp³-hybridized carbons (Fsp3) is 0.588. The van der Waals surface area contributed by atoms with Gasteiger partial charge < -0.3 is 15.0 Å². The van der Waals surface area contributed by atoms with Crippen LogP contribution in [0.1, 0.15) is 36.0 Å². The zero-order chi connectivity index (χ0) is 17.2. The first-order valence-electron chi connectivity index (χ1n) is 8.37. The average Bonchev–Trinajstić information content (AvgIpc) is 2.62. The van der Waals surface area contributed by atoms with E-state index in [1.54, 1.807) is 6.07 Å². The van der Waals surface area contributed by atoms with Gasteiger partial charge in [0.15, 0.2) is 5.75 Å². The Morgan fingerprint density at radius 2 is 1.88 bits per heavy atom. The molecule has 1 spiro atoms. The lowest BCUT2D eigenvalue weighted by atomic mass is 9.71. The van der Waals surface area contributed by atoms with Gasteiger partial charge in [0.2, 0.25) is 0 Å². The van der Waals surface area contributed by atoms with Gasteiger partial charge >= 0.3 is 5.69 Å². The third-order valence-electron chi connectivity index (χ3n) is 5.40. The van der Waals surface area contributed by atoms with Gasteiger partial charge in [-0.25, -0.2) is 0 Å². The second-order valence-electron chi connectivity index (χ2n) is 6.69. The maximum atomic E-state index is 12.7. The molecule has 3 rings (SSSR count). The first-order valence-corrected chi connectivity index (χ1v) is 8.37. The number of methoxy groups -OCH3 is 1. The highest BCUT2D eigenvalue weighted by molar-refractivity contribution is 5.95. The summed E-state index contributed by atoms with van der Waals surface area (Å²) in [6.07, 6.45) is 4.36. The number of nitro groups is 1. The van der Waals surface area contributed by atoms with Crippen LogP contribution in [0.4, 0.5) is 5.69 Å². The average molecular weight is 370 g/mol. The Kier molecular flexibility index (Phi) is 6.24. The summed E-state index contributed by atoms with van der Waals surface area (Å²) in [5.41, 5.74) is 0.549. The van der Waals surface area contributed by atoms with Crippen molar-refractivity contribution in [3.63, 3.8) is 0 Å². The number of hydrogen-bond acceptors (Lipinski definition) is 5. The van der Waals surface area contributed by atoms with Crippen LogP contribution in [0.2, 0.25) is 0 Å². The van der Waals surface area contributed by atoms with Crippen molar-refractivity contribution in [2.24, 2.45) is 5.41 Å². The third-order valence-corrected chi connectivity index (χ3v) is 5.40. The number of piperidine rings is 2. The van der Waals surface area contributed by atoms with Crippen LogP contribution < -0.4 is 10.1 Å². The van der Waals surface area contributed by atoms with Gasteiger partial charge in [0, 0.05) is 24.7 Å². The van der Waals surface area contributed by atoms with Crippen molar-refractivity contribution in [2.45, 2.75) is 25.7 Å². The molecule has 0 saturated carbocycles. The van der Waals surface area contributed by atoms with Crippen molar-refractivity contribution >= 4 is 24.0 Å². The Bertz CT molecular complexity index is 637. The molecule has 8 heteroatoms. The Morgan fingerprint density at radius 1 is 1.24 bits per heavy atom. The van der Waals surface area contributed by atoms with Crippen LogP contribution in [0, 0.1) is 15.5 Å². The Morgan fingerprint density at radius 3 is 2.44 bits per heavy atom. The molecule has 2 aliphatic rings. The molecule has 1 N–H and O–H groups in total. The molecule has 2 heterocycles. The van der Waals surface area contributed by atoms with E-state index in [9.17, 15) is 14.9 Å². The topological polar surface area (TPSA) is 84.7 Å². The summed E-state index contributed by atoms with van der Waals surface area (Å²) in [5, 5.41) is 14.5. The van der Waals surface area contributed by atoms with Crippen molar-refractivity contribution in [1.29, 1.82) is 0 Å². The Balaban J connectivity index is 0.00000225. The van der Waals surface area contributed by atoms with Crippen molar-refractivity contribution < 1.29 is 14.5 Å². The van der Waals surface area contributed by atoms with Crippen LogP contribution in [-0.4, -0.2) is 49.0 Å². The van der Waals surface area contributed by atoms with Gasteiger partial charge in [0.05, 0.1) is 12.0 Å². The predicted molar refractivity (Wildman–Crippen MR) is 96.6 cm³/mol. The molecule has 1 aromatic carbocycles. The summed E-state index contributed by atoms with van der Waals surface area (Å²) >= 11 is 0. The van der Waals surface area contributed by atoms with Crippen molar-refractivity contribution in [2.75, 3.05) is 33.3 Å². The van der Waals surface area contributed by atoms with E-state index in [1.165, 1.54) is 32.1 Å². The monoisotopic (exact) mass is 369 g/mol. The van der Waals surface area contributed by atoms with Crippen LogP contribution >= 0.6 is 12.4 Å². The molecule has 0 radical (unpaired) electrons. The van der Waals surface area contributed by atoms with E-state index < -0.39 is 4.92 Å². The smallest absolute Gasteiger partial charge is 0.311 e. The number of rotatable bonds is 3. The lowest BCUT2D eigenvalue weighted by Crippen LogP contribution is -2.47. The van der Waals surface area contributed by atoms with Crippen molar-refractivity contribution in [3.05, 3.63) is 33.9 Å². The van der Waals surface area contributed by atoms with Crippen LogP contribution in [0.5, 0.6) is 5.75 Å². The number of nitrogens with zero attached hydrogens (tertiary/aromatic N) is 2. The summed E-state index contributed by atoms with van der Waals surface area (Å²) in [7, 11) is 1.38. The van der Waals surface area contributed by atoms with E-state index in [-0.39, 0.29) is 29.8 Å². The highest BCUT2D eigenvalue weighted by Crippen LogP contribution is 2.40. The molecule has 1 amide bonds. The Hall–Kier alpha value is -1.86. The maximum absolute atomic E-state index is 12.7. The number of hydrogen-bond donors (Lipinski definition) is 1. The molecule has 1 aromatic rings. The van der Waals surface area contributed by atoms with E-state index >= 15 is 0 Å². The number of ether oxygens (including phenoxy) is 1. The van der Waals surface area contributed by atoms with E-state index in [0.29, 0.717) is 11.0 Å². The molecule has 7 nitrogen and oxygen atoms in total. The highest BCUT2D eigenvalue weighted by atomic mass is 35.5. The first kappa shape index (κ1) is 19.5. The van der Waals surface area contributed by atoms with E-state index in [4.69, 9.17) is 4.74 Å². The van der Waals surface area contributed by atoms with E-state index in [2.05, 4.69) is 5.32 Å². The summed E-state index contributed by atoms with van der Waals surface area (Å²) in [6, 6.07) is 4.41. The molecule has 2 aliphatic heterocycles. The van der Waals surface area contributed by atoms with Gasteiger partial charge in [0.25, 0.3) is 5.91 Å². The number of carbonyl (C=O) groups excluding carboxylic acids is 1. The molecular weight excluding hydrogens is 346 g/mol. The minimum absolute atomic E-state index is 0. The van der Waals surface area contributed by atoms with Crippen molar-refractivity contribution in [1.82, 2.24) is 10.2 Å². The number of amides is 1. The minimum Gasteiger partial charge on any atom is -0.490 e. The molecule has 138 valence electrons. The lowest BCUT2D eigenvalue weighted by molar-refractivity contribution is -0.385. The van der Waals surface area contributed by atoms with Gasteiger partial charge in [0.1, 0.15) is 0 Å². The SMILES string of the molecule is COc1ccc(C(=O)N2CCC3(CCNCC3)CC2)cc1[N+](=O)[O-].Cl. The van der Waals surface area contributed by atoms with Gasteiger partial charge in [-0.15, -0.1) is 12.4 Å². The zero-order valence-corrected chi connectivity index (χ0v) is 15.1. The van der Waals surface area contributed by atoms with E-state index in [0.717, 1.165) is 39.0 Å². The molecule has 2 saturated heterocycles. The number of nitrogens with one attached hydrogen (secondary N) is 1. The molecule has 0 aliphatic carbocycles. The molecule has 0 unspecified atom stereocenters. The lowest BCUT2D eigenvalue weighted by Gasteiger charge is -2.44. The standard InChI is InChI=1S/C17H23N3O4.ClH/c1-24-15-3-2-13(12-14(15)20(22)23)16(21)19-10-6-17(7-11-19)4-8-18-9-5-17;/h2-3,12,18H,4-11H2,1H3;1H. The second-order valence-corrected chi connectivity index (χ2v) is 6.69. The summed E-state index contributed by atoms with van der Waals surface area (Å²) in [5.74, 6) is 0.0355. The molecular formula is C17H24ClN3O4. The fourth-order valence-corrected chi connectivity index (χ4v) is 3.79. The number of nitro benzene ring substituents is 1. The number of benzene rings is 1. The number of likely N-dealkylation sites (tertiary alicyclic amines) is 1.